The molecule has 0 aliphatic heterocycles. The number of nitrogens with one attached hydrogen (secondary N) is 1. The second kappa shape index (κ2) is 8.91. The van der Waals surface area contributed by atoms with Crippen LogP contribution in [0, 0.1) is 5.82 Å². The maximum absolute atomic E-state index is 13.1. The van der Waals surface area contributed by atoms with Crippen molar-refractivity contribution in [3.8, 4) is 0 Å². The van der Waals surface area contributed by atoms with E-state index in [1.807, 2.05) is 6.92 Å². The molecule has 0 bridgehead atoms. The highest BCUT2D eigenvalue weighted by atomic mass is 32.2. The number of benzene rings is 2. The Balaban J connectivity index is 2.18. The molecule has 0 aliphatic rings. The maximum Gasteiger partial charge on any atom is 0.241 e. The van der Waals surface area contributed by atoms with Crippen LogP contribution in [0.25, 0.3) is 0 Å². The molecule has 158 valence electrons. The third-order valence-electron chi connectivity index (χ3n) is 4.26. The first-order chi connectivity index (χ1) is 13.4. The largest absolute Gasteiger partial charge is 0.348 e. The molecule has 0 spiro atoms. The Hall–Kier alpha value is -2.46. The predicted molar refractivity (Wildman–Crippen MR) is 109 cm³/mol. The van der Waals surface area contributed by atoms with Gasteiger partial charge in [-0.2, -0.15) is 0 Å². The number of sulfonamides is 1. The van der Waals surface area contributed by atoms with Crippen LogP contribution in [-0.2, 0) is 24.7 Å². The summed E-state index contributed by atoms with van der Waals surface area (Å²) in [7, 11) is -7.10. The molecule has 0 unspecified atom stereocenters. The van der Waals surface area contributed by atoms with Crippen LogP contribution < -0.4 is 9.62 Å². The van der Waals surface area contributed by atoms with Gasteiger partial charge >= 0.3 is 0 Å². The van der Waals surface area contributed by atoms with Gasteiger partial charge in [0.15, 0.2) is 9.84 Å². The molecule has 2 rings (SSSR count). The zero-order chi connectivity index (χ0) is 21.8. The van der Waals surface area contributed by atoms with Crippen LogP contribution in [0.3, 0.4) is 0 Å². The fourth-order valence-electron chi connectivity index (χ4n) is 2.75. The average molecular weight is 443 g/mol. The molecule has 2 aromatic carbocycles. The van der Waals surface area contributed by atoms with Gasteiger partial charge in [-0.15, -0.1) is 0 Å². The summed E-state index contributed by atoms with van der Waals surface area (Å²) in [6, 6.07) is 10.5. The van der Waals surface area contributed by atoms with E-state index in [1.54, 1.807) is 12.1 Å². The van der Waals surface area contributed by atoms with Crippen LogP contribution in [0.1, 0.15) is 24.9 Å². The van der Waals surface area contributed by atoms with Crippen molar-refractivity contribution in [3.63, 3.8) is 0 Å². The molecule has 0 heterocycles. The van der Waals surface area contributed by atoms with Crippen LogP contribution in [0.4, 0.5) is 10.1 Å². The van der Waals surface area contributed by atoms with Gasteiger partial charge in [-0.25, -0.2) is 21.2 Å². The van der Waals surface area contributed by atoms with E-state index in [0.717, 1.165) is 28.9 Å². The lowest BCUT2D eigenvalue weighted by Crippen LogP contribution is -2.41. The first-order valence-electron chi connectivity index (χ1n) is 8.74. The minimum Gasteiger partial charge on any atom is -0.348 e. The number of carbonyl (C=O) groups is 1. The summed E-state index contributed by atoms with van der Waals surface area (Å²) in [6.07, 6.45) is 2.58. The molecule has 1 atom stereocenters. The Bertz CT molecular complexity index is 1070. The van der Waals surface area contributed by atoms with Crippen molar-refractivity contribution in [1.29, 1.82) is 0 Å². The monoisotopic (exact) mass is 442 g/mol. The van der Waals surface area contributed by atoms with E-state index in [1.165, 1.54) is 24.3 Å². The second-order valence-corrected chi connectivity index (χ2v) is 10.5. The highest BCUT2D eigenvalue weighted by Gasteiger charge is 2.22. The summed E-state index contributed by atoms with van der Waals surface area (Å²) in [5.41, 5.74) is 0.871. The van der Waals surface area contributed by atoms with Crippen LogP contribution in [0.15, 0.2) is 53.4 Å². The topological polar surface area (TPSA) is 101 Å². The van der Waals surface area contributed by atoms with Crippen molar-refractivity contribution in [2.24, 2.45) is 0 Å². The lowest BCUT2D eigenvalue weighted by atomic mass is 10.0. The van der Waals surface area contributed by atoms with Gasteiger partial charge in [0.2, 0.25) is 15.9 Å². The Labute approximate surface area is 170 Å². The minimum atomic E-state index is -3.77. The van der Waals surface area contributed by atoms with Crippen molar-refractivity contribution in [1.82, 2.24) is 5.32 Å². The summed E-state index contributed by atoms with van der Waals surface area (Å²) in [5, 5.41) is 2.76. The van der Waals surface area contributed by atoms with Gasteiger partial charge in [0.25, 0.3) is 0 Å². The molecular weight excluding hydrogens is 419 g/mol. The fourth-order valence-corrected chi connectivity index (χ4v) is 4.23. The summed E-state index contributed by atoms with van der Waals surface area (Å²) < 4.78 is 61.4. The van der Waals surface area contributed by atoms with Crippen molar-refractivity contribution in [2.45, 2.75) is 24.3 Å². The number of hydrogen-bond acceptors (Lipinski definition) is 5. The van der Waals surface area contributed by atoms with E-state index in [9.17, 15) is 26.0 Å². The van der Waals surface area contributed by atoms with Crippen molar-refractivity contribution in [3.05, 3.63) is 59.9 Å². The number of carbonyl (C=O) groups excluding carboxylic acids is 1. The highest BCUT2D eigenvalue weighted by molar-refractivity contribution is 7.92. The SMILES string of the molecule is CC[C@H](NC(=O)CN(c1ccc(F)cc1)S(C)(=O)=O)c1ccc(S(C)(=O)=O)cc1. The van der Waals surface area contributed by atoms with Gasteiger partial charge in [-0.3, -0.25) is 9.10 Å². The van der Waals surface area contributed by atoms with E-state index in [-0.39, 0.29) is 10.6 Å². The average Bonchev–Trinajstić information content (AvgIpc) is 2.63. The van der Waals surface area contributed by atoms with Crippen LogP contribution in [0.5, 0.6) is 0 Å². The zero-order valence-electron chi connectivity index (χ0n) is 16.3. The Morgan fingerprint density at radius 3 is 2.00 bits per heavy atom. The summed E-state index contributed by atoms with van der Waals surface area (Å²) in [5.74, 6) is -1.06. The van der Waals surface area contributed by atoms with Crippen LogP contribution in [-0.4, -0.2) is 41.8 Å². The van der Waals surface area contributed by atoms with Crippen molar-refractivity contribution in [2.75, 3.05) is 23.4 Å². The molecule has 0 fully saturated rings. The molecule has 0 saturated carbocycles. The third kappa shape index (κ3) is 6.26. The number of anilines is 1. The molecule has 1 amide bonds. The molecule has 0 aromatic heterocycles. The summed E-state index contributed by atoms with van der Waals surface area (Å²) >= 11 is 0. The third-order valence-corrected chi connectivity index (χ3v) is 6.53. The summed E-state index contributed by atoms with van der Waals surface area (Å²) in [6.45, 7) is 1.37. The minimum absolute atomic E-state index is 0.169. The number of hydrogen-bond donors (Lipinski definition) is 1. The lowest BCUT2D eigenvalue weighted by Gasteiger charge is -2.24. The molecule has 29 heavy (non-hydrogen) atoms. The van der Waals surface area contributed by atoms with Crippen molar-refractivity contribution < 1.29 is 26.0 Å². The molecule has 0 aliphatic carbocycles. The fraction of sp³-hybridized carbons (Fsp3) is 0.316. The van der Waals surface area contributed by atoms with Crippen molar-refractivity contribution >= 4 is 31.5 Å². The number of sulfone groups is 1. The normalized spacial score (nSPS) is 13.0. The van der Waals surface area contributed by atoms with E-state index >= 15 is 0 Å². The number of amides is 1. The number of halogens is 1. The molecular formula is C19H23FN2O5S2. The number of rotatable bonds is 8. The van der Waals surface area contributed by atoms with Gasteiger partial charge < -0.3 is 5.32 Å². The highest BCUT2D eigenvalue weighted by Crippen LogP contribution is 2.21. The Kier molecular flexibility index (Phi) is 7.02. The molecule has 0 saturated heterocycles. The molecule has 7 nitrogen and oxygen atoms in total. The zero-order valence-corrected chi connectivity index (χ0v) is 17.9. The quantitative estimate of drug-likeness (QED) is 0.676. The van der Waals surface area contributed by atoms with Crippen LogP contribution in [0.2, 0.25) is 0 Å². The van der Waals surface area contributed by atoms with Gasteiger partial charge in [0.1, 0.15) is 12.4 Å². The van der Waals surface area contributed by atoms with E-state index in [0.29, 0.717) is 12.0 Å². The molecule has 10 heteroatoms. The first kappa shape index (κ1) is 22.8. The first-order valence-corrected chi connectivity index (χ1v) is 12.5. The molecule has 0 radical (unpaired) electrons. The van der Waals surface area contributed by atoms with Gasteiger partial charge in [-0.1, -0.05) is 19.1 Å². The number of nitrogens with zero attached hydrogens (tertiary/aromatic N) is 1. The van der Waals surface area contributed by atoms with E-state index in [4.69, 9.17) is 0 Å². The molecule has 2 aromatic rings. The molecule has 1 N–H and O–H groups in total. The lowest BCUT2D eigenvalue weighted by molar-refractivity contribution is -0.120. The second-order valence-electron chi connectivity index (χ2n) is 6.62. The maximum atomic E-state index is 13.1. The smallest absolute Gasteiger partial charge is 0.241 e. The standard InChI is InChI=1S/C19H23FN2O5S2/c1-4-18(14-5-11-17(12-6-14)28(2,24)25)21-19(23)13-22(29(3,26)27)16-9-7-15(20)8-10-16/h5-12,18H,4,13H2,1-3H3,(H,21,23)/t18-/m0/s1. The van der Waals surface area contributed by atoms with Gasteiger partial charge in [-0.05, 0) is 48.4 Å². The van der Waals surface area contributed by atoms with Gasteiger partial charge in [0.05, 0.1) is 22.9 Å². The van der Waals surface area contributed by atoms with E-state index in [2.05, 4.69) is 5.32 Å². The Morgan fingerprint density at radius 1 is 1.00 bits per heavy atom. The van der Waals surface area contributed by atoms with Crippen LogP contribution >= 0.6 is 0 Å². The summed E-state index contributed by atoms with van der Waals surface area (Å²) in [4.78, 5) is 12.7. The Morgan fingerprint density at radius 2 is 1.55 bits per heavy atom. The van der Waals surface area contributed by atoms with E-state index < -0.39 is 44.2 Å². The van der Waals surface area contributed by atoms with Gasteiger partial charge in [0, 0.05) is 6.26 Å². The predicted octanol–water partition coefficient (Wildman–Crippen LogP) is 2.26.